The van der Waals surface area contributed by atoms with Crippen LogP contribution in [0.3, 0.4) is 0 Å². The van der Waals surface area contributed by atoms with Gasteiger partial charge in [0.05, 0.1) is 25.9 Å². The quantitative estimate of drug-likeness (QED) is 0.0203. The van der Waals surface area contributed by atoms with Crippen molar-refractivity contribution in [2.45, 2.75) is 380 Å². The molecule has 0 aromatic heterocycles. The van der Waals surface area contributed by atoms with E-state index in [1.165, 1.54) is 244 Å². The second kappa shape index (κ2) is 85.1. The molecule has 9 N–H and O–H groups in total. The van der Waals surface area contributed by atoms with Gasteiger partial charge < -0.3 is 46.0 Å². The number of unbranched alkanes of at least 4 members (excludes halogenated alkanes) is 42. The van der Waals surface area contributed by atoms with Crippen molar-refractivity contribution in [3.05, 3.63) is 36.5 Å². The van der Waals surface area contributed by atoms with E-state index in [1.54, 1.807) is 0 Å². The predicted molar refractivity (Wildman–Crippen MR) is 358 cm³/mol. The maximum absolute atomic E-state index is 10.3. The fourth-order valence-electron chi connectivity index (χ4n) is 9.26. The first-order chi connectivity index (χ1) is 41.3. The molecule has 0 aliphatic heterocycles. The molecule has 0 saturated heterocycles. The summed E-state index contributed by atoms with van der Waals surface area (Å²) in [5.41, 5.74) is 0. The zero-order valence-corrected chi connectivity index (χ0v) is 55.6. The lowest BCUT2D eigenvalue weighted by Gasteiger charge is -2.06. The van der Waals surface area contributed by atoms with Crippen molar-refractivity contribution in [2.24, 2.45) is 0 Å². The van der Waals surface area contributed by atoms with Gasteiger partial charge >= 0.3 is 23.9 Å². The van der Waals surface area contributed by atoms with Crippen LogP contribution in [0.5, 0.6) is 0 Å². The number of carboxylic acids is 4. The number of rotatable bonds is 61. The molecule has 0 rings (SSSR count). The lowest BCUT2D eigenvalue weighted by molar-refractivity contribution is -0.138. The van der Waals surface area contributed by atoms with Crippen molar-refractivity contribution in [2.75, 3.05) is 19.8 Å². The third kappa shape index (κ3) is 106. The second-order valence-electron chi connectivity index (χ2n) is 23.5. The Bertz CT molecular complexity index is 1260. The Labute approximate surface area is 522 Å². The van der Waals surface area contributed by atoms with Gasteiger partial charge in [-0.1, -0.05) is 269 Å². The lowest BCUT2D eigenvalue weighted by Crippen LogP contribution is -2.15. The fraction of sp³-hybridized carbons (Fsp3) is 0.861. The summed E-state index contributed by atoms with van der Waals surface area (Å²) in [5.74, 6) is -2.68. The summed E-state index contributed by atoms with van der Waals surface area (Å²) in [6.45, 7) is 5.92. The highest BCUT2D eigenvalue weighted by atomic mass is 16.4. The minimum atomic E-state index is -0.954. The molecule has 0 aromatic carbocycles. The van der Waals surface area contributed by atoms with E-state index in [0.29, 0.717) is 32.1 Å². The van der Waals surface area contributed by atoms with E-state index in [9.17, 15) is 19.2 Å². The number of allylic oxidation sites excluding steroid dienone is 6. The highest BCUT2D eigenvalue weighted by Gasteiger charge is 2.03. The molecule has 0 aliphatic rings. The first-order valence-electron chi connectivity index (χ1n) is 35.3. The van der Waals surface area contributed by atoms with Gasteiger partial charge in [-0.25, -0.2) is 0 Å². The van der Waals surface area contributed by atoms with Crippen LogP contribution >= 0.6 is 0 Å². The van der Waals surface area contributed by atoms with E-state index in [-0.39, 0.29) is 19.8 Å². The molecule has 1 unspecified atom stereocenters. The van der Waals surface area contributed by atoms with Crippen LogP contribution in [0.15, 0.2) is 36.5 Å². The van der Waals surface area contributed by atoms with Gasteiger partial charge in [0.25, 0.3) is 0 Å². The lowest BCUT2D eigenvalue weighted by atomic mass is 10.0. The van der Waals surface area contributed by atoms with E-state index >= 15 is 0 Å². The first kappa shape index (κ1) is 90.6. The van der Waals surface area contributed by atoms with Crippen LogP contribution in [-0.2, 0) is 19.2 Å². The number of hydrogen-bond donors (Lipinski definition) is 9. The summed E-state index contributed by atoms with van der Waals surface area (Å²) >= 11 is 0. The number of aliphatic hydroxyl groups excluding tert-OH is 5. The monoisotopic (exact) mass is 1210 g/mol. The van der Waals surface area contributed by atoms with Gasteiger partial charge in [0.2, 0.25) is 0 Å². The first-order valence-corrected chi connectivity index (χ1v) is 35.3. The zero-order chi connectivity index (χ0) is 64.0. The van der Waals surface area contributed by atoms with Crippen molar-refractivity contribution in [3.63, 3.8) is 0 Å². The Hall–Kier alpha value is -3.10. The molecule has 85 heavy (non-hydrogen) atoms. The maximum atomic E-state index is 10.3. The minimum absolute atomic E-state index is 0.123. The van der Waals surface area contributed by atoms with Crippen LogP contribution in [-0.4, -0.2) is 102 Å². The molecular formula is C72H140O13. The van der Waals surface area contributed by atoms with Crippen molar-refractivity contribution < 1.29 is 65.1 Å². The topological polar surface area (TPSA) is 250 Å². The number of hydrogen-bond acceptors (Lipinski definition) is 9. The predicted octanol–water partition coefficient (Wildman–Crippen LogP) is 19.8. The highest BCUT2D eigenvalue weighted by Crippen LogP contribution is 2.15. The average Bonchev–Trinajstić information content (AvgIpc) is 3.48. The number of aliphatic carboxylic acids is 4. The van der Waals surface area contributed by atoms with E-state index in [0.717, 1.165) is 70.6 Å². The number of carboxylic acid groups (broad SMARTS) is 4. The van der Waals surface area contributed by atoms with E-state index in [2.05, 4.69) is 57.2 Å². The molecule has 0 bridgehead atoms. The zero-order valence-electron chi connectivity index (χ0n) is 55.6. The molecule has 506 valence electrons. The summed E-state index contributed by atoms with van der Waals surface area (Å²) < 4.78 is 0. The van der Waals surface area contributed by atoms with Crippen LogP contribution < -0.4 is 0 Å². The van der Waals surface area contributed by atoms with E-state index in [4.69, 9.17) is 46.0 Å². The Morgan fingerprint density at radius 3 is 0.576 bits per heavy atom. The SMILES string of the molecule is CCCCCCCC/C=C\CCCCCCCC(=O)O.CCCCCCCC/C=C\CCCCCCCC(=O)O.CCCCCCCC/C=C\CCCCCCCC(=O)O.O=C(O)CCCCCCCCCCCCC(O)CO.OCC(O)CO. The smallest absolute Gasteiger partial charge is 0.303 e. The molecule has 0 aliphatic carbocycles. The van der Waals surface area contributed by atoms with Crippen LogP contribution in [0.25, 0.3) is 0 Å². The van der Waals surface area contributed by atoms with Crippen molar-refractivity contribution in [1.82, 2.24) is 0 Å². The van der Waals surface area contributed by atoms with E-state index < -0.39 is 36.1 Å². The van der Waals surface area contributed by atoms with Gasteiger partial charge in [0, 0.05) is 25.7 Å². The average molecular weight is 1210 g/mol. The maximum Gasteiger partial charge on any atom is 0.303 e. The molecule has 0 spiro atoms. The van der Waals surface area contributed by atoms with Crippen molar-refractivity contribution in [3.8, 4) is 0 Å². The molecule has 0 amide bonds. The van der Waals surface area contributed by atoms with Crippen molar-refractivity contribution in [1.29, 1.82) is 0 Å². The largest absolute Gasteiger partial charge is 0.481 e. The van der Waals surface area contributed by atoms with Gasteiger partial charge in [-0.2, -0.15) is 0 Å². The molecule has 1 atom stereocenters. The normalized spacial score (nSPS) is 11.4. The molecule has 0 radical (unpaired) electrons. The van der Waals surface area contributed by atoms with Crippen molar-refractivity contribution >= 4 is 23.9 Å². The standard InChI is InChI=1S/3C18H34O2.C15H30O4.C3H8O3/c3*1-2-3-4-5-6-7-8-9-10-11-12-13-14-15-16-17-18(19)20;16-13-14(17)11-9-7-5-3-1-2-4-6-8-10-12-15(18)19;4-1-3(6)2-5/h3*9-10H,2-8,11-17H2,1H3,(H,19,20);14,16-17H,1-13H2,(H,18,19);3-6H,1-2H2/b3*10-9-;;. The van der Waals surface area contributed by atoms with Crippen LogP contribution in [0.2, 0.25) is 0 Å². The Morgan fingerprint density at radius 2 is 0.412 bits per heavy atom. The molecule has 0 aromatic rings. The number of aliphatic hydroxyl groups is 5. The van der Waals surface area contributed by atoms with E-state index in [1.807, 2.05) is 0 Å². The molecule has 13 nitrogen and oxygen atoms in total. The fourth-order valence-corrected chi connectivity index (χ4v) is 9.26. The molecule has 0 saturated carbocycles. The number of carbonyl (C=O) groups is 4. The molecule has 13 heteroatoms. The van der Waals surface area contributed by atoms with Gasteiger partial charge in [-0.05, 0) is 109 Å². The van der Waals surface area contributed by atoms with Gasteiger partial charge in [-0.15, -0.1) is 0 Å². The minimum Gasteiger partial charge on any atom is -0.481 e. The summed E-state index contributed by atoms with van der Waals surface area (Å²) in [5, 5.41) is 75.8. The molecule has 0 fully saturated rings. The molecule has 0 heterocycles. The summed E-state index contributed by atoms with van der Waals surface area (Å²) in [4.78, 5) is 41.3. The third-order valence-corrected chi connectivity index (χ3v) is 14.8. The van der Waals surface area contributed by atoms with Gasteiger partial charge in [0.1, 0.15) is 6.10 Å². The van der Waals surface area contributed by atoms with Crippen LogP contribution in [0, 0.1) is 0 Å². The summed E-state index contributed by atoms with van der Waals surface area (Å²) in [6, 6.07) is 0. The Kier molecular flexibility index (Phi) is 90.8. The second-order valence-corrected chi connectivity index (χ2v) is 23.5. The highest BCUT2D eigenvalue weighted by molar-refractivity contribution is 5.67. The van der Waals surface area contributed by atoms with Crippen LogP contribution in [0.4, 0.5) is 0 Å². The van der Waals surface area contributed by atoms with Crippen LogP contribution in [0.1, 0.15) is 367 Å². The summed E-state index contributed by atoms with van der Waals surface area (Å²) in [7, 11) is 0. The molecular weight excluding hydrogens is 1070 g/mol. The van der Waals surface area contributed by atoms with Gasteiger partial charge in [-0.3, -0.25) is 19.2 Å². The Balaban J connectivity index is -0.000000323. The third-order valence-electron chi connectivity index (χ3n) is 14.8. The van der Waals surface area contributed by atoms with Gasteiger partial charge in [0.15, 0.2) is 0 Å². The Morgan fingerprint density at radius 1 is 0.247 bits per heavy atom. The summed E-state index contributed by atoms with van der Waals surface area (Å²) in [6.07, 6.45) is 74.5.